The molecule has 6 heterocycles. The van der Waals surface area contributed by atoms with Gasteiger partial charge in [0.2, 0.25) is 6.79 Å². The third kappa shape index (κ3) is 14.8. The number of aromatic amines is 5. The molecule has 0 spiro atoms. The molecule has 1 aliphatic rings. The SMILES string of the molecule is CC(C)c1ccc(-c2nc[nH]c(=O)c2C#N)cc1.Cc1cc(-c2nc[nH]c(=O)c2C#N)cc(C)c1O.N#Cc1c(-c2cc3c(cc2Cl)OCO3)nc[nH]c1=O.N#Cc1c(-c2ccc([N+](=O)[O-])cc2)nc[nH]c1=O.N#Cc1c(-c2ccccc2O)nc[nH]c1=O. The van der Waals surface area contributed by atoms with E-state index in [4.69, 9.17) is 47.4 Å². The van der Waals surface area contributed by atoms with Crippen molar-refractivity contribution in [2.24, 2.45) is 0 Å². The molecule has 5 aromatic carbocycles. The van der Waals surface area contributed by atoms with Crippen LogP contribution in [0.1, 0.15) is 64.3 Å². The number of nitrogens with one attached hydrogen (secondary N) is 5. The highest BCUT2D eigenvalue weighted by Crippen LogP contribution is 2.41. The lowest BCUT2D eigenvalue weighted by Crippen LogP contribution is -2.12. The highest BCUT2D eigenvalue weighted by atomic mass is 35.5. The van der Waals surface area contributed by atoms with Gasteiger partial charge in [-0.3, -0.25) is 34.1 Å². The van der Waals surface area contributed by atoms with Gasteiger partial charge in [0.15, 0.2) is 11.5 Å². The van der Waals surface area contributed by atoms with E-state index < -0.39 is 32.7 Å². The van der Waals surface area contributed by atoms with Crippen LogP contribution >= 0.6 is 11.6 Å². The number of non-ortho nitro benzene ring substituents is 1. The van der Waals surface area contributed by atoms with E-state index in [9.17, 15) is 44.3 Å². The molecule has 10 aromatic rings. The van der Waals surface area contributed by atoms with E-state index in [1.807, 2.05) is 42.5 Å². The van der Waals surface area contributed by atoms with Crippen molar-refractivity contribution in [2.45, 2.75) is 33.6 Å². The number of phenolic OH excluding ortho intramolecular Hbond substituents is 2. The maximum Gasteiger partial charge on any atom is 0.269 e. The van der Waals surface area contributed by atoms with Gasteiger partial charge in [-0.15, -0.1) is 0 Å². The fraction of sp³-hybridized carbons (Fsp3) is 0.0984. The highest BCUT2D eigenvalue weighted by molar-refractivity contribution is 6.33. The number of aromatic hydroxyl groups is 2. The molecule has 1 aliphatic heterocycles. The van der Waals surface area contributed by atoms with Gasteiger partial charge in [0.05, 0.1) is 70.1 Å². The Bertz CT molecular complexity index is 4850. The molecule has 0 saturated carbocycles. The molecule has 0 radical (unpaired) electrons. The van der Waals surface area contributed by atoms with Gasteiger partial charge in [0.1, 0.15) is 69.7 Å². The molecule has 0 atom stereocenters. The predicted molar refractivity (Wildman–Crippen MR) is 320 cm³/mol. The smallest absolute Gasteiger partial charge is 0.269 e. The minimum absolute atomic E-state index is 0.0166. The zero-order valence-electron chi connectivity index (χ0n) is 46.8. The Hall–Kier alpha value is -13.2. The van der Waals surface area contributed by atoms with Crippen LogP contribution in [-0.2, 0) is 0 Å². The maximum absolute atomic E-state index is 11.6. The fourth-order valence-corrected chi connectivity index (χ4v) is 8.46. The van der Waals surface area contributed by atoms with Gasteiger partial charge >= 0.3 is 0 Å². The molecular formula is C61H43ClN16O11. The summed E-state index contributed by atoms with van der Waals surface area (Å²) in [4.78, 5) is 99.0. The Kier molecular flexibility index (Phi) is 20.6. The molecule has 0 fully saturated rings. The number of ether oxygens (including phenoxy) is 2. The van der Waals surface area contributed by atoms with Crippen molar-refractivity contribution in [1.82, 2.24) is 49.8 Å². The minimum atomic E-state index is -0.541. The standard InChI is InChI=1S/C14H13N3O.C13H11N3O2.C12H6ClN3O3.C11H6N4O3.C11H7N3O2/c1-9(2)10-3-5-11(6-4-10)13-12(7-15)14(18)17-8-16-13;1-7-3-9(4-8(2)12(7)17)11-10(5-14)13(18)16-6-15-11;13-8-2-10-9(18-5-19-10)1-6(8)11-7(3-14)12(17)16-4-15-11;12-5-9-10(13-6-14-11(9)16)7-1-3-8(4-2-7)15(17)18;12-5-8-10(13-6-14-11(8)16)7-3-1-2-4-9(7)15/h3-6,8-9H,1-2H3,(H,16,17,18);3-4,6,17H,1-2H3,(H,15,16,18);1-2,4H,5H2,(H,15,16,17);1-4,6H,(H,13,14,16);1-4,6,15H,(H,13,14,16). The first kappa shape index (κ1) is 63.4. The molecule has 0 aliphatic carbocycles. The first-order chi connectivity index (χ1) is 42.7. The maximum atomic E-state index is 11.6. The van der Waals surface area contributed by atoms with Crippen LogP contribution in [0.5, 0.6) is 23.0 Å². The molecule has 440 valence electrons. The number of nitro benzene ring substituents is 1. The van der Waals surface area contributed by atoms with Crippen molar-refractivity contribution in [3.05, 3.63) is 240 Å². The van der Waals surface area contributed by atoms with Crippen LogP contribution in [0.3, 0.4) is 0 Å². The number of nitro groups is 1. The van der Waals surface area contributed by atoms with Crippen LogP contribution in [0.15, 0.2) is 153 Å². The molecule has 89 heavy (non-hydrogen) atoms. The largest absolute Gasteiger partial charge is 0.507 e. The number of benzene rings is 5. The second-order valence-corrected chi connectivity index (χ2v) is 19.0. The number of fused-ring (bicyclic) bond motifs is 1. The zero-order valence-corrected chi connectivity index (χ0v) is 47.5. The minimum Gasteiger partial charge on any atom is -0.507 e. The summed E-state index contributed by atoms with van der Waals surface area (Å²) in [5, 5.41) is 74.9. The lowest BCUT2D eigenvalue weighted by molar-refractivity contribution is -0.384. The van der Waals surface area contributed by atoms with Crippen molar-refractivity contribution in [3.8, 4) is 110 Å². The summed E-state index contributed by atoms with van der Waals surface area (Å²) >= 11 is 6.13. The summed E-state index contributed by atoms with van der Waals surface area (Å²) in [6, 6.07) is 35.3. The van der Waals surface area contributed by atoms with E-state index in [1.165, 1.54) is 67.5 Å². The number of phenols is 2. The van der Waals surface area contributed by atoms with Crippen molar-refractivity contribution in [3.63, 3.8) is 0 Å². The Balaban J connectivity index is 0.000000159. The van der Waals surface area contributed by atoms with E-state index in [2.05, 4.69) is 63.7 Å². The normalized spacial score (nSPS) is 10.4. The van der Waals surface area contributed by atoms with Gasteiger partial charge < -0.3 is 44.6 Å². The van der Waals surface area contributed by atoms with Crippen molar-refractivity contribution >= 4 is 17.3 Å². The number of halogens is 1. The number of hydrogen-bond donors (Lipinski definition) is 7. The van der Waals surface area contributed by atoms with Crippen LogP contribution in [0.2, 0.25) is 5.02 Å². The van der Waals surface area contributed by atoms with E-state index >= 15 is 0 Å². The van der Waals surface area contributed by atoms with E-state index in [0.717, 1.165) is 5.56 Å². The number of nitrogens with zero attached hydrogens (tertiary/aromatic N) is 11. The van der Waals surface area contributed by atoms with Gasteiger partial charge in [-0.1, -0.05) is 61.8 Å². The predicted octanol–water partition coefficient (Wildman–Crippen LogP) is 7.98. The molecular weight excluding hydrogens is 1170 g/mol. The second kappa shape index (κ2) is 28.9. The molecule has 0 bridgehead atoms. The number of hydrogen-bond acceptors (Lipinski definition) is 21. The summed E-state index contributed by atoms with van der Waals surface area (Å²) in [6.45, 7) is 7.85. The van der Waals surface area contributed by atoms with Crippen molar-refractivity contribution in [1.29, 1.82) is 26.3 Å². The van der Waals surface area contributed by atoms with Gasteiger partial charge in [-0.2, -0.15) is 26.3 Å². The first-order valence-corrected chi connectivity index (χ1v) is 26.1. The van der Waals surface area contributed by atoms with Gasteiger partial charge in [0.25, 0.3) is 33.5 Å². The summed E-state index contributed by atoms with van der Waals surface area (Å²) < 4.78 is 10.4. The quantitative estimate of drug-likeness (QED) is 0.0587. The van der Waals surface area contributed by atoms with E-state index in [0.29, 0.717) is 67.2 Å². The molecule has 11 rings (SSSR count). The average molecular weight is 1210 g/mol. The topological polar surface area (TPSA) is 450 Å². The fourth-order valence-electron chi connectivity index (χ4n) is 8.21. The number of rotatable bonds is 7. The third-order valence-corrected chi connectivity index (χ3v) is 13.0. The third-order valence-electron chi connectivity index (χ3n) is 12.7. The highest BCUT2D eigenvalue weighted by Gasteiger charge is 2.22. The zero-order chi connectivity index (χ0) is 64.5. The van der Waals surface area contributed by atoms with Crippen LogP contribution < -0.4 is 37.3 Å². The van der Waals surface area contributed by atoms with Crippen molar-refractivity contribution in [2.75, 3.05) is 6.79 Å². The van der Waals surface area contributed by atoms with Gasteiger partial charge in [-0.05, 0) is 78.9 Å². The molecule has 5 aromatic heterocycles. The Morgan fingerprint density at radius 2 is 0.876 bits per heavy atom. The van der Waals surface area contributed by atoms with Crippen LogP contribution in [0.4, 0.5) is 5.69 Å². The number of para-hydroxylation sites is 1. The molecule has 28 heteroatoms. The number of nitriles is 5. The Morgan fingerprint density at radius 1 is 0.517 bits per heavy atom. The summed E-state index contributed by atoms with van der Waals surface area (Å²) in [5.41, 5.74) is 3.83. The van der Waals surface area contributed by atoms with E-state index in [-0.39, 0.29) is 68.9 Å². The molecule has 0 unspecified atom stereocenters. The second-order valence-electron chi connectivity index (χ2n) is 18.6. The summed E-state index contributed by atoms with van der Waals surface area (Å²) in [5.74, 6) is 1.67. The Labute approximate surface area is 506 Å². The summed E-state index contributed by atoms with van der Waals surface area (Å²) in [7, 11) is 0. The van der Waals surface area contributed by atoms with Crippen molar-refractivity contribution < 1.29 is 24.6 Å². The average Bonchev–Trinajstić information content (AvgIpc) is 3.36. The molecule has 0 saturated heterocycles. The molecule has 27 nitrogen and oxygen atoms in total. The number of H-pyrrole nitrogens is 5. The first-order valence-electron chi connectivity index (χ1n) is 25.7. The number of aromatic nitrogens is 10. The molecule has 7 N–H and O–H groups in total. The van der Waals surface area contributed by atoms with Crippen LogP contribution in [-0.4, -0.2) is 71.8 Å². The number of aryl methyl sites for hydroxylation is 2. The lowest BCUT2D eigenvalue weighted by Gasteiger charge is -2.08. The van der Waals surface area contributed by atoms with Crippen LogP contribution in [0.25, 0.3) is 56.3 Å². The van der Waals surface area contributed by atoms with Gasteiger partial charge in [0, 0.05) is 46.0 Å². The van der Waals surface area contributed by atoms with E-state index in [1.54, 1.807) is 68.5 Å². The lowest BCUT2D eigenvalue weighted by atomic mass is 10.00. The molecule has 0 amide bonds. The van der Waals surface area contributed by atoms with Gasteiger partial charge in [-0.25, -0.2) is 24.9 Å². The van der Waals surface area contributed by atoms with Crippen LogP contribution in [0, 0.1) is 80.6 Å². The Morgan fingerprint density at radius 3 is 1.27 bits per heavy atom. The summed E-state index contributed by atoms with van der Waals surface area (Å²) in [6.07, 6.45) is 6.18. The monoisotopic (exact) mass is 1210 g/mol.